The monoisotopic (exact) mass is 339 g/mol. The van der Waals surface area contributed by atoms with Gasteiger partial charge in [-0.05, 0) is 36.4 Å². The highest BCUT2D eigenvalue weighted by molar-refractivity contribution is 6.09. The van der Waals surface area contributed by atoms with Crippen molar-refractivity contribution in [2.24, 2.45) is 0 Å². The maximum absolute atomic E-state index is 13.3. The Bertz CT molecular complexity index is 1260. The number of para-hydroxylation sites is 3. The van der Waals surface area contributed by atoms with Crippen LogP contribution >= 0.6 is 0 Å². The molecule has 5 nitrogen and oxygen atoms in total. The van der Waals surface area contributed by atoms with Crippen LogP contribution < -0.4 is 10.9 Å². The maximum Gasteiger partial charge on any atom is 0.266 e. The molecule has 0 spiro atoms. The molecular formula is C21H13N3O2. The lowest BCUT2D eigenvalue weighted by Crippen LogP contribution is -2.27. The summed E-state index contributed by atoms with van der Waals surface area (Å²) in [5, 5.41) is 3.45. The molecule has 0 fully saturated rings. The number of aromatic nitrogens is 2. The molecule has 1 N–H and O–H groups in total. The van der Waals surface area contributed by atoms with Crippen LogP contribution in [0.4, 0.5) is 5.69 Å². The summed E-state index contributed by atoms with van der Waals surface area (Å²) in [6, 6.07) is 21.7. The van der Waals surface area contributed by atoms with E-state index in [1.807, 2.05) is 48.5 Å². The standard InChI is InChI=1S/C21H13N3O2/c25-20-15-9-3-6-12-18(15)24-19(13-7-1-4-10-16(13)23-20)22-17-11-5-2-8-14(17)21(24)26/h1-12H,(H,23,25). The van der Waals surface area contributed by atoms with Crippen LogP contribution in [0.2, 0.25) is 0 Å². The topological polar surface area (TPSA) is 64.0 Å². The highest BCUT2D eigenvalue weighted by Gasteiger charge is 2.24. The molecule has 124 valence electrons. The van der Waals surface area contributed by atoms with E-state index in [1.54, 1.807) is 24.3 Å². The second kappa shape index (κ2) is 5.39. The molecule has 5 rings (SSSR count). The number of nitrogens with zero attached hydrogens (tertiary/aromatic N) is 2. The quantitative estimate of drug-likeness (QED) is 0.532. The van der Waals surface area contributed by atoms with Crippen molar-refractivity contribution in [3.05, 3.63) is 88.7 Å². The number of rotatable bonds is 0. The maximum atomic E-state index is 13.3. The summed E-state index contributed by atoms with van der Waals surface area (Å²) in [4.78, 5) is 30.8. The number of anilines is 1. The second-order valence-corrected chi connectivity index (χ2v) is 6.11. The highest BCUT2D eigenvalue weighted by Crippen LogP contribution is 2.32. The summed E-state index contributed by atoms with van der Waals surface area (Å²) in [5.74, 6) is 0.260. The first-order valence-corrected chi connectivity index (χ1v) is 8.26. The largest absolute Gasteiger partial charge is 0.321 e. The van der Waals surface area contributed by atoms with Crippen molar-refractivity contribution in [1.82, 2.24) is 9.55 Å². The number of benzene rings is 3. The van der Waals surface area contributed by atoms with Crippen molar-refractivity contribution in [2.75, 3.05) is 5.32 Å². The fraction of sp³-hybridized carbons (Fsp3) is 0. The first-order chi connectivity index (χ1) is 12.7. The fourth-order valence-corrected chi connectivity index (χ4v) is 3.37. The molecule has 3 aromatic carbocycles. The molecule has 26 heavy (non-hydrogen) atoms. The van der Waals surface area contributed by atoms with E-state index < -0.39 is 0 Å². The van der Waals surface area contributed by atoms with Crippen LogP contribution in [0.1, 0.15) is 10.4 Å². The van der Waals surface area contributed by atoms with Gasteiger partial charge in [-0.15, -0.1) is 0 Å². The molecule has 1 aliphatic heterocycles. The molecule has 5 heteroatoms. The molecule has 1 aromatic heterocycles. The molecule has 0 bridgehead atoms. The van der Waals surface area contributed by atoms with E-state index in [9.17, 15) is 9.59 Å². The fourth-order valence-electron chi connectivity index (χ4n) is 3.37. The zero-order valence-electron chi connectivity index (χ0n) is 13.6. The summed E-state index contributed by atoms with van der Waals surface area (Å²) in [7, 11) is 0. The molecule has 0 saturated carbocycles. The van der Waals surface area contributed by atoms with Crippen LogP contribution in [0.15, 0.2) is 77.6 Å². The molecule has 0 unspecified atom stereocenters. The Morgan fingerprint density at radius 2 is 1.46 bits per heavy atom. The normalized spacial score (nSPS) is 12.4. The van der Waals surface area contributed by atoms with E-state index >= 15 is 0 Å². The van der Waals surface area contributed by atoms with Crippen LogP contribution in [-0.2, 0) is 0 Å². The highest BCUT2D eigenvalue weighted by atomic mass is 16.2. The molecule has 0 atom stereocenters. The smallest absolute Gasteiger partial charge is 0.266 e. The minimum absolute atomic E-state index is 0.192. The van der Waals surface area contributed by atoms with Gasteiger partial charge in [0.25, 0.3) is 11.5 Å². The Morgan fingerprint density at radius 3 is 2.35 bits per heavy atom. The molecule has 1 amide bonds. The third-order valence-corrected chi connectivity index (χ3v) is 4.58. The molecular weight excluding hydrogens is 326 g/mol. The average Bonchev–Trinajstić information content (AvgIpc) is 2.67. The molecule has 0 radical (unpaired) electrons. The Hall–Kier alpha value is -3.73. The van der Waals surface area contributed by atoms with E-state index in [1.165, 1.54) is 4.57 Å². The number of hydrogen-bond acceptors (Lipinski definition) is 3. The van der Waals surface area contributed by atoms with E-state index in [0.29, 0.717) is 39.2 Å². The Morgan fingerprint density at radius 1 is 0.769 bits per heavy atom. The van der Waals surface area contributed by atoms with E-state index in [0.717, 1.165) is 0 Å². The predicted octanol–water partition coefficient (Wildman–Crippen LogP) is 3.62. The van der Waals surface area contributed by atoms with Crippen molar-refractivity contribution in [3.63, 3.8) is 0 Å². The third kappa shape index (κ3) is 2.01. The van der Waals surface area contributed by atoms with Gasteiger partial charge in [-0.1, -0.05) is 36.4 Å². The number of carbonyl (C=O) groups is 1. The molecule has 0 saturated heterocycles. The Labute approximate surface area is 148 Å². The zero-order valence-corrected chi connectivity index (χ0v) is 13.6. The Kier molecular flexibility index (Phi) is 3.03. The number of fused-ring (bicyclic) bond motifs is 6. The minimum Gasteiger partial charge on any atom is -0.321 e. The summed E-state index contributed by atoms with van der Waals surface area (Å²) in [6.07, 6.45) is 0. The van der Waals surface area contributed by atoms with Crippen LogP contribution in [0, 0.1) is 0 Å². The number of amides is 1. The lowest BCUT2D eigenvalue weighted by atomic mass is 10.1. The van der Waals surface area contributed by atoms with Crippen LogP contribution in [0.25, 0.3) is 28.0 Å². The van der Waals surface area contributed by atoms with Crippen molar-refractivity contribution in [1.29, 1.82) is 0 Å². The summed E-state index contributed by atoms with van der Waals surface area (Å²) in [6.45, 7) is 0. The van der Waals surface area contributed by atoms with Crippen LogP contribution in [0.3, 0.4) is 0 Å². The van der Waals surface area contributed by atoms with Gasteiger partial charge in [0.05, 0.1) is 27.8 Å². The van der Waals surface area contributed by atoms with Crippen molar-refractivity contribution in [3.8, 4) is 17.1 Å². The summed E-state index contributed by atoms with van der Waals surface area (Å²) < 4.78 is 1.54. The number of nitrogens with one attached hydrogen (secondary N) is 1. The first-order valence-electron chi connectivity index (χ1n) is 8.26. The SMILES string of the molecule is O=C1Nc2ccccc2-c2nc3ccccc3c(=O)n2-c2ccccc21. The van der Waals surface area contributed by atoms with E-state index in [2.05, 4.69) is 5.32 Å². The van der Waals surface area contributed by atoms with Crippen molar-refractivity contribution < 1.29 is 4.79 Å². The van der Waals surface area contributed by atoms with Gasteiger partial charge in [-0.2, -0.15) is 0 Å². The molecule has 0 aliphatic carbocycles. The first kappa shape index (κ1) is 14.6. The van der Waals surface area contributed by atoms with E-state index in [4.69, 9.17) is 4.98 Å². The van der Waals surface area contributed by atoms with Crippen molar-refractivity contribution >= 4 is 22.5 Å². The van der Waals surface area contributed by atoms with Gasteiger partial charge in [-0.25, -0.2) is 4.98 Å². The summed E-state index contributed by atoms with van der Waals surface area (Å²) >= 11 is 0. The van der Waals surface area contributed by atoms with Gasteiger partial charge in [0.15, 0.2) is 0 Å². The molecule has 1 aliphatic rings. The average molecular weight is 339 g/mol. The number of hydrogen-bond donors (Lipinski definition) is 1. The zero-order chi connectivity index (χ0) is 17.7. The minimum atomic E-state index is -0.251. The Balaban J connectivity index is 2.03. The van der Waals surface area contributed by atoms with Gasteiger partial charge in [0.1, 0.15) is 5.82 Å². The molecule has 4 aromatic rings. The van der Waals surface area contributed by atoms with Gasteiger partial charge in [0.2, 0.25) is 0 Å². The molecule has 2 heterocycles. The predicted molar refractivity (Wildman–Crippen MR) is 101 cm³/mol. The van der Waals surface area contributed by atoms with Crippen LogP contribution in [-0.4, -0.2) is 15.5 Å². The van der Waals surface area contributed by atoms with E-state index in [-0.39, 0.29) is 11.5 Å². The lowest BCUT2D eigenvalue weighted by molar-refractivity contribution is 0.102. The number of carbonyl (C=O) groups excluding carboxylic acids is 1. The van der Waals surface area contributed by atoms with Crippen LogP contribution in [0.5, 0.6) is 0 Å². The third-order valence-electron chi connectivity index (χ3n) is 4.58. The van der Waals surface area contributed by atoms with Gasteiger partial charge >= 0.3 is 0 Å². The van der Waals surface area contributed by atoms with Gasteiger partial charge in [0, 0.05) is 5.56 Å². The van der Waals surface area contributed by atoms with Gasteiger partial charge < -0.3 is 5.32 Å². The van der Waals surface area contributed by atoms with Gasteiger partial charge in [-0.3, -0.25) is 14.2 Å². The lowest BCUT2D eigenvalue weighted by Gasteiger charge is -2.21. The van der Waals surface area contributed by atoms with Crippen molar-refractivity contribution in [2.45, 2.75) is 0 Å². The second-order valence-electron chi connectivity index (χ2n) is 6.11. The summed E-state index contributed by atoms with van der Waals surface area (Å²) in [5.41, 5.74) is 2.73.